The van der Waals surface area contributed by atoms with Crippen molar-refractivity contribution in [2.24, 2.45) is 11.1 Å². The predicted octanol–water partition coefficient (Wildman–Crippen LogP) is 2.72. The lowest BCUT2D eigenvalue weighted by Gasteiger charge is -2.24. The summed E-state index contributed by atoms with van der Waals surface area (Å²) in [6, 6.07) is 0.704. The van der Waals surface area contributed by atoms with E-state index in [0.717, 1.165) is 18.9 Å². The van der Waals surface area contributed by atoms with Gasteiger partial charge in [0, 0.05) is 31.0 Å². The fourth-order valence-electron chi connectivity index (χ4n) is 4.84. The molecular formula is C20H21F2N3O4. The van der Waals surface area contributed by atoms with Crippen molar-refractivity contribution in [1.82, 2.24) is 4.57 Å². The van der Waals surface area contributed by atoms with Crippen molar-refractivity contribution in [2.45, 2.75) is 44.4 Å². The number of hydrogen-bond donors (Lipinski definition) is 2. The number of alkyl halides is 1. The van der Waals surface area contributed by atoms with Gasteiger partial charge in [-0.25, -0.2) is 13.6 Å². The van der Waals surface area contributed by atoms with Crippen molar-refractivity contribution >= 4 is 22.7 Å². The van der Waals surface area contributed by atoms with Crippen molar-refractivity contribution in [2.75, 3.05) is 18.0 Å². The Kier molecular flexibility index (Phi) is 3.74. The molecular weight excluding hydrogens is 384 g/mol. The Balaban J connectivity index is 1.70. The van der Waals surface area contributed by atoms with Crippen LogP contribution in [0, 0.1) is 18.2 Å². The predicted molar refractivity (Wildman–Crippen MR) is 102 cm³/mol. The highest BCUT2D eigenvalue weighted by Gasteiger charge is 2.56. The highest BCUT2D eigenvalue weighted by atomic mass is 19.1. The zero-order chi connectivity index (χ0) is 20.7. The van der Waals surface area contributed by atoms with Gasteiger partial charge in [0.1, 0.15) is 12.0 Å². The minimum atomic E-state index is -1.66. The summed E-state index contributed by atoms with van der Waals surface area (Å²) in [6.45, 7) is 3.02. The van der Waals surface area contributed by atoms with Gasteiger partial charge in [-0.3, -0.25) is 4.79 Å². The number of pyridine rings is 1. The van der Waals surface area contributed by atoms with Gasteiger partial charge < -0.3 is 25.0 Å². The highest BCUT2D eigenvalue weighted by molar-refractivity contribution is 5.89. The molecule has 3 fully saturated rings. The molecule has 2 saturated carbocycles. The van der Waals surface area contributed by atoms with E-state index in [0.29, 0.717) is 29.9 Å². The summed E-state index contributed by atoms with van der Waals surface area (Å²) in [6.07, 6.45) is 0.518. The van der Waals surface area contributed by atoms with Gasteiger partial charge in [-0.15, -0.1) is 0 Å². The van der Waals surface area contributed by atoms with Crippen LogP contribution >= 0.6 is 0 Å². The second-order valence-electron chi connectivity index (χ2n) is 8.49. The summed E-state index contributed by atoms with van der Waals surface area (Å²) in [5, 5.41) is 8.88. The molecule has 2 aliphatic carbocycles. The van der Waals surface area contributed by atoms with Gasteiger partial charge in [0.2, 0.25) is 5.43 Å². The summed E-state index contributed by atoms with van der Waals surface area (Å²) in [4.78, 5) is 25.6. The molecule has 2 unspecified atom stereocenters. The van der Waals surface area contributed by atoms with E-state index in [1.165, 1.54) is 10.8 Å². The molecule has 1 aliphatic heterocycles. The number of fused-ring (bicyclic) bond motifs is 1. The Bertz CT molecular complexity index is 1120. The molecule has 0 amide bonds. The van der Waals surface area contributed by atoms with Crippen molar-refractivity contribution < 1.29 is 23.4 Å². The minimum absolute atomic E-state index is 0.0152. The third kappa shape index (κ3) is 2.71. The van der Waals surface area contributed by atoms with Crippen molar-refractivity contribution in [1.29, 1.82) is 0 Å². The van der Waals surface area contributed by atoms with Crippen LogP contribution in [0.2, 0.25) is 0 Å². The molecule has 7 nitrogen and oxygen atoms in total. The fraction of sp³-hybridized carbons (Fsp3) is 0.500. The lowest BCUT2D eigenvalue weighted by atomic mass is 10.0. The van der Waals surface area contributed by atoms with Crippen LogP contribution in [0.15, 0.2) is 17.1 Å². The molecule has 2 heterocycles. The maximum atomic E-state index is 15.1. The van der Waals surface area contributed by atoms with Crippen LogP contribution in [0.5, 0.6) is 5.75 Å². The van der Waals surface area contributed by atoms with Gasteiger partial charge in [0.15, 0.2) is 5.75 Å². The number of hydrogen-bond acceptors (Lipinski definition) is 5. The monoisotopic (exact) mass is 405 g/mol. The van der Waals surface area contributed by atoms with E-state index in [1.54, 1.807) is 6.92 Å². The van der Waals surface area contributed by atoms with E-state index >= 15 is 4.39 Å². The number of aryl methyl sites for hydroxylation is 1. The van der Waals surface area contributed by atoms with Gasteiger partial charge >= 0.3 is 6.16 Å². The molecule has 154 valence electrons. The molecule has 0 radical (unpaired) electrons. The highest BCUT2D eigenvalue weighted by Crippen LogP contribution is 2.53. The maximum Gasteiger partial charge on any atom is 0.511 e. The molecule has 29 heavy (non-hydrogen) atoms. The van der Waals surface area contributed by atoms with Gasteiger partial charge in [0.05, 0.1) is 28.8 Å². The molecule has 5 rings (SSSR count). The first-order valence-electron chi connectivity index (χ1n) is 9.65. The van der Waals surface area contributed by atoms with Crippen LogP contribution in [0.4, 0.5) is 19.3 Å². The van der Waals surface area contributed by atoms with E-state index in [2.05, 4.69) is 4.74 Å². The molecule has 3 aliphatic rings. The summed E-state index contributed by atoms with van der Waals surface area (Å²) in [7, 11) is 0. The molecule has 1 aromatic heterocycles. The van der Waals surface area contributed by atoms with Crippen molar-refractivity contribution in [3.63, 3.8) is 0 Å². The average molecular weight is 405 g/mol. The van der Waals surface area contributed by atoms with E-state index in [4.69, 9.17) is 10.8 Å². The maximum absolute atomic E-state index is 15.1. The zero-order valence-electron chi connectivity index (χ0n) is 15.8. The van der Waals surface area contributed by atoms with Gasteiger partial charge in [-0.1, -0.05) is 0 Å². The second-order valence-corrected chi connectivity index (χ2v) is 8.49. The Morgan fingerprint density at radius 3 is 2.69 bits per heavy atom. The third-order valence-corrected chi connectivity index (χ3v) is 6.64. The first-order valence-corrected chi connectivity index (χ1v) is 9.65. The lowest BCUT2D eigenvalue weighted by Crippen LogP contribution is -2.25. The third-order valence-electron chi connectivity index (χ3n) is 6.64. The summed E-state index contributed by atoms with van der Waals surface area (Å²) in [5.74, 6) is -1.02. The van der Waals surface area contributed by atoms with Crippen molar-refractivity contribution in [3.05, 3.63) is 33.9 Å². The Morgan fingerprint density at radius 1 is 1.45 bits per heavy atom. The second kappa shape index (κ2) is 5.91. The standard InChI is InChI=1S/C20H21F2N3O4/c1-9-16-10(4-12(22)17(9)24-3-2-20(8-24)6-15(20)23)18(26)14(29-19(27)28)7-25(16)13-5-11(13)21/h4,7,11,13,15H,2-3,5-6,8,23H2,1H3,(H,27,28)/t11-,13+,15?,20?/m0/s1. The Hall–Kier alpha value is -2.68. The molecule has 9 heteroatoms. The first kappa shape index (κ1) is 18.4. The number of benzene rings is 1. The number of anilines is 1. The SMILES string of the molecule is Cc1c(N2CCC3(CC3N)C2)c(F)cc2c(=O)c(OC(=O)O)cn([C@@H]3C[C@@H]3F)c12. The van der Waals surface area contributed by atoms with Crippen LogP contribution < -0.4 is 20.8 Å². The number of ether oxygens (including phenoxy) is 1. The minimum Gasteiger partial charge on any atom is -0.449 e. The van der Waals surface area contributed by atoms with E-state index in [-0.39, 0.29) is 23.3 Å². The van der Waals surface area contributed by atoms with Crippen LogP contribution in [-0.2, 0) is 0 Å². The summed E-state index contributed by atoms with van der Waals surface area (Å²) >= 11 is 0. The van der Waals surface area contributed by atoms with Gasteiger partial charge in [-0.05, 0) is 31.4 Å². The fourth-order valence-corrected chi connectivity index (χ4v) is 4.84. The quantitative estimate of drug-likeness (QED) is 0.762. The largest absolute Gasteiger partial charge is 0.511 e. The number of nitrogens with zero attached hydrogens (tertiary/aromatic N) is 2. The molecule has 4 atom stereocenters. The van der Waals surface area contributed by atoms with E-state index in [9.17, 15) is 14.0 Å². The molecule has 0 bridgehead atoms. The molecule has 2 aromatic rings. The van der Waals surface area contributed by atoms with Crippen LogP contribution in [0.3, 0.4) is 0 Å². The van der Waals surface area contributed by atoms with Gasteiger partial charge in [0.25, 0.3) is 0 Å². The number of aromatic nitrogens is 1. The van der Waals surface area contributed by atoms with Crippen LogP contribution in [0.25, 0.3) is 10.9 Å². The summed E-state index contributed by atoms with van der Waals surface area (Å²) in [5.41, 5.74) is 6.70. The Morgan fingerprint density at radius 2 is 2.14 bits per heavy atom. The molecule has 1 aromatic carbocycles. The number of carboxylic acid groups (broad SMARTS) is 1. The summed E-state index contributed by atoms with van der Waals surface area (Å²) < 4.78 is 35.1. The zero-order valence-corrected chi connectivity index (χ0v) is 15.8. The molecule has 1 saturated heterocycles. The lowest BCUT2D eigenvalue weighted by molar-refractivity contribution is 0.143. The first-order chi connectivity index (χ1) is 13.7. The van der Waals surface area contributed by atoms with E-state index in [1.807, 2.05) is 4.90 Å². The molecule has 1 spiro atoms. The van der Waals surface area contributed by atoms with Gasteiger partial charge in [-0.2, -0.15) is 0 Å². The number of carbonyl (C=O) groups is 1. The Labute approximate surface area is 164 Å². The number of rotatable bonds is 3. The van der Waals surface area contributed by atoms with Crippen molar-refractivity contribution in [3.8, 4) is 5.75 Å². The smallest absolute Gasteiger partial charge is 0.449 e. The van der Waals surface area contributed by atoms with Crippen LogP contribution in [0.1, 0.15) is 30.9 Å². The van der Waals surface area contributed by atoms with Crippen LogP contribution in [-0.4, -0.2) is 41.1 Å². The topological polar surface area (TPSA) is 97.8 Å². The average Bonchev–Trinajstić information content (AvgIpc) is 3.46. The van der Waals surface area contributed by atoms with E-state index < -0.39 is 35.4 Å². The normalized spacial score (nSPS) is 30.2. The number of nitrogens with two attached hydrogens (primary N) is 1. The molecule has 3 N–H and O–H groups in total. The number of halogens is 2.